The predicted molar refractivity (Wildman–Crippen MR) is 45.2 cm³/mol. The molecule has 0 aromatic heterocycles. The molecule has 13 heavy (non-hydrogen) atoms. The van der Waals surface area contributed by atoms with Crippen LogP contribution in [0.15, 0.2) is 30.3 Å². The maximum Gasteiger partial charge on any atom is 0.0991 e. The van der Waals surface area contributed by atoms with Crippen molar-refractivity contribution in [2.45, 2.75) is 0 Å². The number of carbonyl (C=O) groups excluding carboxylic acids is 1. The Morgan fingerprint density at radius 1 is 1.38 bits per heavy atom. The second-order valence-corrected chi connectivity index (χ2v) is 2.39. The summed E-state index contributed by atoms with van der Waals surface area (Å²) in [5, 5.41) is 18.5. The van der Waals surface area contributed by atoms with Gasteiger partial charge in [0.2, 0.25) is 0 Å². The van der Waals surface area contributed by atoms with Gasteiger partial charge in [-0.1, -0.05) is 18.2 Å². The highest BCUT2D eigenvalue weighted by Gasteiger charge is 1.88. The van der Waals surface area contributed by atoms with Gasteiger partial charge in [-0.25, -0.2) is 0 Å². The number of rotatable bonds is 2. The largest absolute Gasteiger partial charge is 0.545 e. The number of aliphatic carboxylic acids is 1. The zero-order valence-electron chi connectivity index (χ0n) is 6.73. The number of hydrogen-bond donors (Lipinski definition) is 0. The van der Waals surface area contributed by atoms with Crippen molar-refractivity contribution in [1.82, 2.24) is 0 Å². The van der Waals surface area contributed by atoms with Gasteiger partial charge >= 0.3 is 0 Å². The summed E-state index contributed by atoms with van der Waals surface area (Å²) < 4.78 is 0. The van der Waals surface area contributed by atoms with Crippen molar-refractivity contribution in [2.24, 2.45) is 0 Å². The Kier molecular flexibility index (Phi) is 2.82. The summed E-state index contributed by atoms with van der Waals surface area (Å²) in [7, 11) is 0. The third-order valence-corrected chi connectivity index (χ3v) is 1.45. The third kappa shape index (κ3) is 2.80. The van der Waals surface area contributed by atoms with E-state index in [2.05, 4.69) is 0 Å². The number of carboxylic acid groups (broad SMARTS) is 1. The summed E-state index contributed by atoms with van der Waals surface area (Å²) in [5.74, 6) is -1.23. The molecule has 0 aliphatic rings. The zero-order valence-corrected chi connectivity index (χ0v) is 6.73. The van der Waals surface area contributed by atoms with Crippen LogP contribution in [-0.2, 0) is 4.79 Å². The molecule has 0 amide bonds. The highest BCUT2D eigenvalue weighted by molar-refractivity contribution is 5.83. The quantitative estimate of drug-likeness (QED) is 0.603. The van der Waals surface area contributed by atoms with Crippen LogP contribution in [0.5, 0.6) is 0 Å². The molecule has 0 heterocycles. The Labute approximate surface area is 75.5 Å². The molecule has 1 aromatic rings. The van der Waals surface area contributed by atoms with Gasteiger partial charge in [-0.05, 0) is 23.8 Å². The van der Waals surface area contributed by atoms with E-state index in [4.69, 9.17) is 5.26 Å². The van der Waals surface area contributed by atoms with E-state index in [0.29, 0.717) is 5.56 Å². The van der Waals surface area contributed by atoms with Gasteiger partial charge in [-0.15, -0.1) is 0 Å². The first-order valence-corrected chi connectivity index (χ1v) is 3.61. The SMILES string of the molecule is N#Cc1ccc(/C=C\C(=O)[O-])cc1. The van der Waals surface area contributed by atoms with Gasteiger partial charge in [-0.2, -0.15) is 5.26 Å². The summed E-state index contributed by atoms with van der Waals surface area (Å²) >= 11 is 0. The lowest BCUT2D eigenvalue weighted by molar-refractivity contribution is -0.297. The fourth-order valence-corrected chi connectivity index (χ4v) is 0.833. The molecule has 64 valence electrons. The van der Waals surface area contributed by atoms with Crippen molar-refractivity contribution >= 4 is 12.0 Å². The fourth-order valence-electron chi connectivity index (χ4n) is 0.833. The van der Waals surface area contributed by atoms with Crippen LogP contribution in [0.25, 0.3) is 6.08 Å². The van der Waals surface area contributed by atoms with E-state index in [1.807, 2.05) is 6.07 Å². The van der Waals surface area contributed by atoms with Gasteiger partial charge in [0.25, 0.3) is 0 Å². The summed E-state index contributed by atoms with van der Waals surface area (Å²) in [5.41, 5.74) is 1.27. The first kappa shape index (κ1) is 9.01. The lowest BCUT2D eigenvalue weighted by atomic mass is 10.1. The topological polar surface area (TPSA) is 63.9 Å². The molecule has 0 atom stereocenters. The first-order chi connectivity index (χ1) is 6.22. The van der Waals surface area contributed by atoms with E-state index < -0.39 is 5.97 Å². The van der Waals surface area contributed by atoms with Gasteiger partial charge in [-0.3, -0.25) is 0 Å². The molecule has 1 aromatic carbocycles. The molecule has 0 radical (unpaired) electrons. The van der Waals surface area contributed by atoms with Crippen LogP contribution in [-0.4, -0.2) is 5.97 Å². The van der Waals surface area contributed by atoms with Crippen molar-refractivity contribution in [2.75, 3.05) is 0 Å². The van der Waals surface area contributed by atoms with E-state index in [0.717, 1.165) is 11.6 Å². The van der Waals surface area contributed by atoms with Gasteiger partial charge in [0.15, 0.2) is 0 Å². The van der Waals surface area contributed by atoms with Crippen LogP contribution in [0.3, 0.4) is 0 Å². The van der Waals surface area contributed by atoms with Crippen LogP contribution < -0.4 is 5.11 Å². The number of carbonyl (C=O) groups is 1. The smallest absolute Gasteiger partial charge is 0.0991 e. The zero-order chi connectivity index (χ0) is 9.68. The summed E-state index contributed by atoms with van der Waals surface area (Å²) in [4.78, 5) is 10.0. The second-order valence-electron chi connectivity index (χ2n) is 2.39. The third-order valence-electron chi connectivity index (χ3n) is 1.45. The summed E-state index contributed by atoms with van der Waals surface area (Å²) in [6, 6.07) is 8.54. The minimum atomic E-state index is -1.23. The molecule has 0 spiro atoms. The van der Waals surface area contributed by atoms with Crippen LogP contribution in [0.2, 0.25) is 0 Å². The number of nitrogens with zero attached hydrogens (tertiary/aromatic N) is 1. The highest BCUT2D eigenvalue weighted by Crippen LogP contribution is 2.04. The first-order valence-electron chi connectivity index (χ1n) is 3.61. The molecule has 0 aliphatic heterocycles. The van der Waals surface area contributed by atoms with Gasteiger partial charge in [0.1, 0.15) is 0 Å². The summed E-state index contributed by atoms with van der Waals surface area (Å²) in [6.45, 7) is 0. The van der Waals surface area contributed by atoms with E-state index >= 15 is 0 Å². The van der Waals surface area contributed by atoms with E-state index in [-0.39, 0.29) is 0 Å². The van der Waals surface area contributed by atoms with Crippen LogP contribution in [0.4, 0.5) is 0 Å². The minimum Gasteiger partial charge on any atom is -0.545 e. The van der Waals surface area contributed by atoms with Gasteiger partial charge < -0.3 is 9.90 Å². The molecule has 0 unspecified atom stereocenters. The van der Waals surface area contributed by atoms with Crippen molar-refractivity contribution in [3.8, 4) is 6.07 Å². The predicted octanol–water partition coefficient (Wildman–Crippen LogP) is 0.321. The molecule has 0 saturated carbocycles. The van der Waals surface area contributed by atoms with E-state index in [1.165, 1.54) is 6.08 Å². The van der Waals surface area contributed by atoms with E-state index in [1.54, 1.807) is 24.3 Å². The molecule has 0 fully saturated rings. The molecular formula is C10H6NO2-. The second kappa shape index (κ2) is 4.07. The average Bonchev–Trinajstić information content (AvgIpc) is 2.15. The monoisotopic (exact) mass is 172 g/mol. The Bertz CT molecular complexity index is 371. The van der Waals surface area contributed by atoms with Gasteiger partial charge in [0.05, 0.1) is 17.6 Å². The Hall–Kier alpha value is -2.08. The van der Waals surface area contributed by atoms with Crippen molar-refractivity contribution < 1.29 is 9.90 Å². The molecular weight excluding hydrogens is 166 g/mol. The number of hydrogen-bond acceptors (Lipinski definition) is 3. The summed E-state index contributed by atoms with van der Waals surface area (Å²) in [6.07, 6.45) is 2.36. The van der Waals surface area contributed by atoms with Crippen LogP contribution >= 0.6 is 0 Å². The van der Waals surface area contributed by atoms with Gasteiger partial charge in [0, 0.05) is 0 Å². The van der Waals surface area contributed by atoms with Crippen molar-refractivity contribution in [3.63, 3.8) is 0 Å². The molecule has 3 heteroatoms. The molecule has 3 nitrogen and oxygen atoms in total. The number of carboxylic acids is 1. The number of nitriles is 1. The average molecular weight is 172 g/mol. The minimum absolute atomic E-state index is 0.547. The molecule has 0 bridgehead atoms. The number of benzene rings is 1. The molecule has 0 N–H and O–H groups in total. The standard InChI is InChI=1S/C10H7NO2/c11-7-9-3-1-8(2-4-9)5-6-10(12)13/h1-6H,(H,12,13)/p-1/b6-5-. The highest BCUT2D eigenvalue weighted by atomic mass is 16.4. The van der Waals surface area contributed by atoms with Crippen molar-refractivity contribution in [1.29, 1.82) is 5.26 Å². The maximum absolute atomic E-state index is 10.0. The lowest BCUT2D eigenvalue weighted by Crippen LogP contribution is -2.18. The molecule has 0 aliphatic carbocycles. The fraction of sp³-hybridized carbons (Fsp3) is 0. The van der Waals surface area contributed by atoms with Crippen molar-refractivity contribution in [3.05, 3.63) is 41.5 Å². The Morgan fingerprint density at radius 2 is 2.00 bits per heavy atom. The maximum atomic E-state index is 10.0. The van der Waals surface area contributed by atoms with Crippen LogP contribution in [0, 0.1) is 11.3 Å². The Morgan fingerprint density at radius 3 is 2.46 bits per heavy atom. The molecule has 0 saturated heterocycles. The Balaban J connectivity index is 2.82. The lowest BCUT2D eigenvalue weighted by Gasteiger charge is -1.93. The normalized spacial score (nSPS) is 9.77. The van der Waals surface area contributed by atoms with E-state index in [9.17, 15) is 9.90 Å². The van der Waals surface area contributed by atoms with Crippen LogP contribution in [0.1, 0.15) is 11.1 Å². The molecule has 1 rings (SSSR count).